The van der Waals surface area contributed by atoms with E-state index in [-0.39, 0.29) is 0 Å². The molecule has 0 fully saturated rings. The van der Waals surface area contributed by atoms with E-state index in [1.807, 2.05) is 6.07 Å². The molecule has 1 atom stereocenters. The second kappa shape index (κ2) is 8.13. The predicted molar refractivity (Wildman–Crippen MR) is 102 cm³/mol. The van der Waals surface area contributed by atoms with Gasteiger partial charge in [0.1, 0.15) is 0 Å². The Bertz CT molecular complexity index is 955. The van der Waals surface area contributed by atoms with Crippen molar-refractivity contribution < 1.29 is 14.3 Å². The number of carbonyl (C=O) groups is 2. The molecule has 1 unspecified atom stereocenters. The predicted octanol–water partition coefficient (Wildman–Crippen LogP) is 2.98. The number of nitrogens with zero attached hydrogens (tertiary/aromatic N) is 3. The number of esters is 1. The molecular weight excluding hydrogens is 412 g/mol. The van der Waals surface area contributed by atoms with E-state index in [1.54, 1.807) is 54.2 Å². The highest BCUT2D eigenvalue weighted by Gasteiger charge is 2.26. The molecule has 1 N–H and O–H groups in total. The van der Waals surface area contributed by atoms with Gasteiger partial charge in [-0.2, -0.15) is 5.10 Å². The van der Waals surface area contributed by atoms with E-state index < -0.39 is 17.9 Å². The van der Waals surface area contributed by atoms with E-state index in [0.717, 1.165) is 4.47 Å². The van der Waals surface area contributed by atoms with Crippen molar-refractivity contribution in [3.63, 3.8) is 0 Å². The molecule has 0 spiro atoms. The molecule has 0 aliphatic carbocycles. The Balaban J connectivity index is 1.87. The molecule has 8 heteroatoms. The highest BCUT2D eigenvalue weighted by Crippen LogP contribution is 2.20. The fraction of sp³-hybridized carbons (Fsp3) is 0.158. The lowest BCUT2D eigenvalue weighted by Gasteiger charge is -2.17. The van der Waals surface area contributed by atoms with Gasteiger partial charge < -0.3 is 10.1 Å². The summed E-state index contributed by atoms with van der Waals surface area (Å²) in [6, 6.07) is 11.6. The van der Waals surface area contributed by atoms with Crippen LogP contribution in [0.5, 0.6) is 0 Å². The van der Waals surface area contributed by atoms with Crippen LogP contribution in [0.15, 0.2) is 59.3 Å². The van der Waals surface area contributed by atoms with Crippen LogP contribution in [-0.4, -0.2) is 33.8 Å². The zero-order chi connectivity index (χ0) is 19.4. The van der Waals surface area contributed by atoms with Gasteiger partial charge in [-0.1, -0.05) is 34.1 Å². The smallest absolute Gasteiger partial charge is 0.333 e. The first-order valence-corrected chi connectivity index (χ1v) is 8.90. The van der Waals surface area contributed by atoms with E-state index in [0.29, 0.717) is 22.6 Å². The molecular formula is C19H17BrN4O3. The molecule has 138 valence electrons. The van der Waals surface area contributed by atoms with Gasteiger partial charge >= 0.3 is 5.97 Å². The minimum Gasteiger partial charge on any atom is -0.467 e. The Kier molecular flexibility index (Phi) is 5.66. The summed E-state index contributed by atoms with van der Waals surface area (Å²) in [5.74, 6) is -0.375. The SMILES string of the molecule is COC(=O)C(NC(=O)c1cnn(-c2ccccn2)c1C)c1ccc(Br)cc1. The molecule has 3 aromatic rings. The minimum absolute atomic E-state index is 0.353. The largest absolute Gasteiger partial charge is 0.467 e. The van der Waals surface area contributed by atoms with Crippen molar-refractivity contribution in [3.8, 4) is 5.82 Å². The van der Waals surface area contributed by atoms with Crippen LogP contribution in [0.1, 0.15) is 27.7 Å². The Morgan fingerprint density at radius 3 is 2.56 bits per heavy atom. The number of hydrogen-bond donors (Lipinski definition) is 1. The number of benzene rings is 1. The van der Waals surface area contributed by atoms with Crippen LogP contribution in [0.2, 0.25) is 0 Å². The van der Waals surface area contributed by atoms with Crippen LogP contribution in [0.4, 0.5) is 0 Å². The van der Waals surface area contributed by atoms with Crippen molar-refractivity contribution in [1.29, 1.82) is 0 Å². The second-order valence-corrected chi connectivity index (χ2v) is 6.64. The number of hydrogen-bond acceptors (Lipinski definition) is 5. The van der Waals surface area contributed by atoms with Crippen LogP contribution in [0.25, 0.3) is 5.82 Å². The van der Waals surface area contributed by atoms with Gasteiger partial charge in [0.25, 0.3) is 5.91 Å². The zero-order valence-electron chi connectivity index (χ0n) is 14.7. The minimum atomic E-state index is -0.923. The zero-order valence-corrected chi connectivity index (χ0v) is 16.3. The van der Waals surface area contributed by atoms with Crippen molar-refractivity contribution in [2.45, 2.75) is 13.0 Å². The Morgan fingerprint density at radius 2 is 1.93 bits per heavy atom. The number of amides is 1. The molecule has 0 radical (unpaired) electrons. The van der Waals surface area contributed by atoms with Gasteiger partial charge in [-0.15, -0.1) is 0 Å². The lowest BCUT2D eigenvalue weighted by Crippen LogP contribution is -2.34. The number of rotatable bonds is 5. The third-order valence-electron chi connectivity index (χ3n) is 4.04. The van der Waals surface area contributed by atoms with Gasteiger partial charge in [-0.25, -0.2) is 14.5 Å². The number of halogens is 1. The summed E-state index contributed by atoms with van der Waals surface area (Å²) < 4.78 is 7.28. The van der Waals surface area contributed by atoms with Crippen molar-refractivity contribution in [2.75, 3.05) is 7.11 Å². The van der Waals surface area contributed by atoms with Crippen molar-refractivity contribution in [3.05, 3.63) is 76.2 Å². The Hall–Kier alpha value is -3.00. The van der Waals surface area contributed by atoms with Crippen LogP contribution in [0, 0.1) is 6.92 Å². The quantitative estimate of drug-likeness (QED) is 0.631. The summed E-state index contributed by atoms with van der Waals surface area (Å²) in [6.07, 6.45) is 3.10. The molecule has 0 aliphatic heterocycles. The maximum Gasteiger partial charge on any atom is 0.333 e. The molecule has 0 aliphatic rings. The first-order chi connectivity index (χ1) is 13.0. The number of pyridine rings is 1. The van der Waals surface area contributed by atoms with Gasteiger partial charge in [0.15, 0.2) is 11.9 Å². The van der Waals surface area contributed by atoms with E-state index in [9.17, 15) is 9.59 Å². The van der Waals surface area contributed by atoms with Gasteiger partial charge in [-0.3, -0.25) is 4.79 Å². The Morgan fingerprint density at radius 1 is 1.19 bits per heavy atom. The molecule has 0 bridgehead atoms. The van der Waals surface area contributed by atoms with E-state index in [4.69, 9.17) is 4.74 Å². The number of carbonyl (C=O) groups excluding carboxylic acids is 2. The van der Waals surface area contributed by atoms with Crippen LogP contribution in [-0.2, 0) is 9.53 Å². The lowest BCUT2D eigenvalue weighted by atomic mass is 10.1. The summed E-state index contributed by atoms with van der Waals surface area (Å²) in [7, 11) is 1.28. The monoisotopic (exact) mass is 428 g/mol. The van der Waals surface area contributed by atoms with Gasteiger partial charge in [0.2, 0.25) is 0 Å². The lowest BCUT2D eigenvalue weighted by molar-refractivity contribution is -0.143. The molecule has 7 nitrogen and oxygen atoms in total. The fourth-order valence-corrected chi connectivity index (χ4v) is 2.87. The van der Waals surface area contributed by atoms with Crippen LogP contribution >= 0.6 is 15.9 Å². The molecule has 27 heavy (non-hydrogen) atoms. The summed E-state index contributed by atoms with van der Waals surface area (Å²) >= 11 is 3.35. The first kappa shape index (κ1) is 18.8. The van der Waals surface area contributed by atoms with Crippen molar-refractivity contribution in [1.82, 2.24) is 20.1 Å². The van der Waals surface area contributed by atoms with Crippen LogP contribution < -0.4 is 5.32 Å². The third-order valence-corrected chi connectivity index (χ3v) is 4.57. The van der Waals surface area contributed by atoms with Gasteiger partial charge in [0.05, 0.1) is 24.6 Å². The molecule has 0 saturated heterocycles. The molecule has 2 heterocycles. The summed E-state index contributed by atoms with van der Waals surface area (Å²) in [5, 5.41) is 6.96. The normalized spacial score (nSPS) is 11.7. The third kappa shape index (κ3) is 4.06. The summed E-state index contributed by atoms with van der Waals surface area (Å²) in [4.78, 5) is 29.2. The molecule has 1 aromatic carbocycles. The van der Waals surface area contributed by atoms with Gasteiger partial charge in [-0.05, 0) is 36.8 Å². The molecule has 2 aromatic heterocycles. The van der Waals surface area contributed by atoms with Crippen LogP contribution in [0.3, 0.4) is 0 Å². The average Bonchev–Trinajstić information content (AvgIpc) is 3.08. The van der Waals surface area contributed by atoms with E-state index >= 15 is 0 Å². The van der Waals surface area contributed by atoms with Crippen molar-refractivity contribution >= 4 is 27.8 Å². The van der Waals surface area contributed by atoms with E-state index in [2.05, 4.69) is 31.3 Å². The van der Waals surface area contributed by atoms with E-state index in [1.165, 1.54) is 13.3 Å². The average molecular weight is 429 g/mol. The second-order valence-electron chi connectivity index (χ2n) is 5.72. The number of aromatic nitrogens is 3. The molecule has 0 saturated carbocycles. The topological polar surface area (TPSA) is 86.1 Å². The Labute approximate surface area is 164 Å². The number of nitrogens with one attached hydrogen (secondary N) is 1. The first-order valence-electron chi connectivity index (χ1n) is 8.11. The fourth-order valence-electron chi connectivity index (χ4n) is 2.60. The highest BCUT2D eigenvalue weighted by molar-refractivity contribution is 9.10. The maximum atomic E-state index is 12.8. The number of ether oxygens (including phenoxy) is 1. The highest BCUT2D eigenvalue weighted by atomic mass is 79.9. The number of methoxy groups -OCH3 is 1. The van der Waals surface area contributed by atoms with Gasteiger partial charge in [0, 0.05) is 10.7 Å². The molecule has 3 rings (SSSR count). The summed E-state index contributed by atoms with van der Waals surface area (Å²) in [5.41, 5.74) is 1.59. The van der Waals surface area contributed by atoms with Crippen molar-refractivity contribution in [2.24, 2.45) is 0 Å². The maximum absolute atomic E-state index is 12.8. The molecule has 1 amide bonds. The standard InChI is InChI=1S/C19H17BrN4O3/c1-12-15(11-22-24(12)16-5-3-4-10-21-16)18(25)23-17(19(26)27-2)13-6-8-14(20)9-7-13/h3-11,17H,1-2H3,(H,23,25). The summed E-state index contributed by atoms with van der Waals surface area (Å²) in [6.45, 7) is 1.77.